The predicted octanol–water partition coefficient (Wildman–Crippen LogP) is 3.70. The first-order valence-electron chi connectivity index (χ1n) is 11.3. The van der Waals surface area contributed by atoms with Crippen molar-refractivity contribution in [2.75, 3.05) is 6.61 Å². The average molecular weight is 503 g/mol. The second-order valence-corrected chi connectivity index (χ2v) is 9.94. The molecule has 0 bridgehead atoms. The Morgan fingerprint density at radius 2 is 1.77 bits per heavy atom. The summed E-state index contributed by atoms with van der Waals surface area (Å²) in [4.78, 5) is 52.3. The largest absolute Gasteiger partial charge is 0.480 e. The number of rotatable bonds is 9. The minimum Gasteiger partial charge on any atom is -0.480 e. The molecule has 10 heteroatoms. The number of hydrogen-bond donors (Lipinski definition) is 1. The van der Waals surface area contributed by atoms with Crippen molar-refractivity contribution in [1.82, 2.24) is 9.13 Å². The molecule has 3 aromatic rings. The highest BCUT2D eigenvalue weighted by molar-refractivity contribution is 7.20. The van der Waals surface area contributed by atoms with Crippen LogP contribution in [0.15, 0.2) is 39.9 Å². The first-order chi connectivity index (χ1) is 16.4. The molecule has 1 N–H and O–H groups in total. The van der Waals surface area contributed by atoms with Crippen molar-refractivity contribution >= 4 is 33.5 Å². The number of esters is 1. The van der Waals surface area contributed by atoms with Crippen LogP contribution in [0.1, 0.15) is 61.5 Å². The summed E-state index contributed by atoms with van der Waals surface area (Å²) < 4.78 is 13.3. The number of benzene rings is 1. The zero-order valence-electron chi connectivity index (χ0n) is 20.7. The Morgan fingerprint density at radius 1 is 1.14 bits per heavy atom. The van der Waals surface area contributed by atoms with Gasteiger partial charge in [0.15, 0.2) is 0 Å². The van der Waals surface area contributed by atoms with Crippen LogP contribution < -0.4 is 11.2 Å². The number of hydrogen-bond acceptors (Lipinski definition) is 7. The highest BCUT2D eigenvalue weighted by Crippen LogP contribution is 2.31. The third-order valence-electron chi connectivity index (χ3n) is 5.71. The number of thiophene rings is 1. The minimum atomic E-state index is -1.83. The van der Waals surface area contributed by atoms with Gasteiger partial charge < -0.3 is 14.6 Å². The minimum absolute atomic E-state index is 0.00965. The molecule has 0 aliphatic rings. The Balaban J connectivity index is 2.38. The van der Waals surface area contributed by atoms with Crippen LogP contribution in [0.4, 0.5) is 0 Å². The van der Waals surface area contributed by atoms with Gasteiger partial charge in [0.1, 0.15) is 21.4 Å². The topological polar surface area (TPSA) is 117 Å². The van der Waals surface area contributed by atoms with Crippen LogP contribution in [-0.2, 0) is 26.4 Å². The van der Waals surface area contributed by atoms with Crippen molar-refractivity contribution in [2.45, 2.75) is 65.8 Å². The molecule has 0 aliphatic carbocycles. The van der Waals surface area contributed by atoms with Crippen LogP contribution in [-0.4, -0.2) is 38.9 Å². The van der Waals surface area contributed by atoms with E-state index in [0.717, 1.165) is 21.5 Å². The van der Waals surface area contributed by atoms with Gasteiger partial charge in [0, 0.05) is 0 Å². The highest BCUT2D eigenvalue weighted by atomic mass is 32.1. The third-order valence-corrected chi connectivity index (χ3v) is 7.01. The number of aromatic nitrogens is 2. The molecule has 0 radical (unpaired) electrons. The van der Waals surface area contributed by atoms with Crippen LogP contribution in [0.3, 0.4) is 0 Å². The van der Waals surface area contributed by atoms with Gasteiger partial charge in [-0.25, -0.2) is 19.0 Å². The Bertz CT molecular complexity index is 1370. The Hall–Kier alpha value is -3.24. The normalized spacial score (nSPS) is 12.8. The average Bonchev–Trinajstić information content (AvgIpc) is 3.13. The summed E-state index contributed by atoms with van der Waals surface area (Å²) in [5, 5.41) is 9.93. The fourth-order valence-electron chi connectivity index (χ4n) is 3.88. The second-order valence-electron chi connectivity index (χ2n) is 8.94. The van der Waals surface area contributed by atoms with E-state index >= 15 is 0 Å². The molecular formula is C25H30N2O7S. The lowest BCUT2D eigenvalue weighted by molar-refractivity contribution is -0.146. The lowest BCUT2D eigenvalue weighted by Gasteiger charge is -2.26. The monoisotopic (exact) mass is 502 g/mol. The molecule has 0 saturated carbocycles. The summed E-state index contributed by atoms with van der Waals surface area (Å²) in [7, 11) is 0. The van der Waals surface area contributed by atoms with E-state index in [1.807, 2.05) is 44.2 Å². The predicted molar refractivity (Wildman–Crippen MR) is 133 cm³/mol. The molecule has 1 atom stereocenters. The number of fused-ring (bicyclic) bond motifs is 1. The molecule has 1 aromatic carbocycles. The Kier molecular flexibility index (Phi) is 7.66. The number of aliphatic carboxylic acids is 1. The van der Waals surface area contributed by atoms with E-state index in [4.69, 9.17) is 9.47 Å². The van der Waals surface area contributed by atoms with Crippen LogP contribution in [0.25, 0.3) is 10.2 Å². The van der Waals surface area contributed by atoms with Crippen molar-refractivity contribution in [3.8, 4) is 0 Å². The standard InChI is InChI=1S/C25H30N2O7S/c1-7-33-22(29)19-15(4)18-20(28)27(25(5,6)23(30)31)24(32)26(21(18)35-19)13-17(34-14(2)3)16-11-9-8-10-12-16/h8-12,14,17H,7,13H2,1-6H3,(H,30,31)/t17-/m0/s1. The number of carboxylic acid groups (broad SMARTS) is 1. The fourth-order valence-corrected chi connectivity index (χ4v) is 5.07. The molecule has 3 rings (SSSR count). The molecule has 0 unspecified atom stereocenters. The van der Waals surface area contributed by atoms with E-state index in [1.165, 1.54) is 18.4 Å². The summed E-state index contributed by atoms with van der Waals surface area (Å²) >= 11 is 0.983. The molecule has 0 aliphatic heterocycles. The van der Waals surface area contributed by atoms with E-state index in [1.54, 1.807) is 13.8 Å². The van der Waals surface area contributed by atoms with Gasteiger partial charge in [0.2, 0.25) is 0 Å². The fraction of sp³-hybridized carbons (Fsp3) is 0.440. The SMILES string of the molecule is CCOC(=O)c1sc2c(c1C)c(=O)n(C(C)(C)C(=O)O)c(=O)n2C[C@H](OC(C)C)c1ccccc1. The van der Waals surface area contributed by atoms with Gasteiger partial charge in [-0.3, -0.25) is 9.36 Å². The van der Waals surface area contributed by atoms with Gasteiger partial charge in [-0.1, -0.05) is 30.3 Å². The Morgan fingerprint density at radius 3 is 2.31 bits per heavy atom. The van der Waals surface area contributed by atoms with E-state index in [2.05, 4.69) is 0 Å². The van der Waals surface area contributed by atoms with Crippen LogP contribution in [0.2, 0.25) is 0 Å². The van der Waals surface area contributed by atoms with Gasteiger partial charge in [-0.15, -0.1) is 11.3 Å². The van der Waals surface area contributed by atoms with Gasteiger partial charge in [0.05, 0.1) is 24.6 Å². The van der Waals surface area contributed by atoms with Crippen LogP contribution in [0, 0.1) is 6.92 Å². The summed E-state index contributed by atoms with van der Waals surface area (Å²) in [5.41, 5.74) is -2.23. The summed E-state index contributed by atoms with van der Waals surface area (Å²) in [6.07, 6.45) is -0.739. The molecule has 0 amide bonds. The van der Waals surface area contributed by atoms with Crippen LogP contribution in [0.5, 0.6) is 0 Å². The quantitative estimate of drug-likeness (QED) is 0.444. The van der Waals surface area contributed by atoms with Gasteiger partial charge in [-0.2, -0.15) is 0 Å². The second kappa shape index (κ2) is 10.2. The highest BCUT2D eigenvalue weighted by Gasteiger charge is 2.36. The lowest BCUT2D eigenvalue weighted by Crippen LogP contribution is -2.52. The zero-order chi connectivity index (χ0) is 26.1. The lowest BCUT2D eigenvalue weighted by atomic mass is 10.1. The summed E-state index contributed by atoms with van der Waals surface area (Å²) in [6, 6.07) is 9.32. The van der Waals surface area contributed by atoms with Crippen molar-refractivity contribution in [3.63, 3.8) is 0 Å². The summed E-state index contributed by atoms with van der Waals surface area (Å²) in [6.45, 7) is 9.76. The number of carbonyl (C=O) groups is 2. The van der Waals surface area contributed by atoms with Gasteiger partial charge in [0.25, 0.3) is 5.56 Å². The molecule has 0 saturated heterocycles. The number of carbonyl (C=O) groups excluding carboxylic acids is 1. The van der Waals surface area contributed by atoms with Gasteiger partial charge in [-0.05, 0) is 52.7 Å². The number of nitrogens with zero attached hydrogens (tertiary/aromatic N) is 2. The van der Waals surface area contributed by atoms with E-state index in [-0.39, 0.29) is 34.3 Å². The zero-order valence-corrected chi connectivity index (χ0v) is 21.5. The molecule has 0 spiro atoms. The maximum Gasteiger partial charge on any atom is 0.348 e. The summed E-state index contributed by atoms with van der Waals surface area (Å²) in [5.74, 6) is -1.94. The molecule has 2 heterocycles. The van der Waals surface area contributed by atoms with Crippen molar-refractivity contribution in [2.24, 2.45) is 0 Å². The molecule has 188 valence electrons. The molecule has 0 fully saturated rings. The Labute approximate surface area is 206 Å². The van der Waals surface area contributed by atoms with E-state index in [0.29, 0.717) is 5.56 Å². The first-order valence-corrected chi connectivity index (χ1v) is 12.1. The smallest absolute Gasteiger partial charge is 0.348 e. The number of carboxylic acids is 1. The maximum absolute atomic E-state index is 13.7. The van der Waals surface area contributed by atoms with E-state index in [9.17, 15) is 24.3 Å². The maximum atomic E-state index is 13.7. The molecular weight excluding hydrogens is 472 g/mol. The van der Waals surface area contributed by atoms with E-state index < -0.39 is 34.8 Å². The van der Waals surface area contributed by atoms with Gasteiger partial charge >= 0.3 is 17.6 Å². The van der Waals surface area contributed by atoms with Crippen LogP contribution >= 0.6 is 11.3 Å². The molecule has 9 nitrogen and oxygen atoms in total. The van der Waals surface area contributed by atoms with Crippen molar-refractivity contribution in [1.29, 1.82) is 0 Å². The van der Waals surface area contributed by atoms with Crippen molar-refractivity contribution in [3.05, 3.63) is 67.2 Å². The van der Waals surface area contributed by atoms with Crippen molar-refractivity contribution < 1.29 is 24.2 Å². The molecule has 2 aromatic heterocycles. The molecule has 35 heavy (non-hydrogen) atoms. The first kappa shape index (κ1) is 26.4. The third kappa shape index (κ3) is 4.94. The number of aryl methyl sites for hydroxylation is 1. The number of ether oxygens (including phenoxy) is 2.